The fourth-order valence-corrected chi connectivity index (χ4v) is 10.7. The minimum Gasteiger partial charge on any atom is -0.492 e. The SMILES string of the molecule is CC(c1ccc(OCC2(CO)COC2)c(I)c1)(c1cc(I)c(OCC2(CO)COC2)c(I)c1)c1cc(I)c(OCC2(CO)COC2)c(I)c1. The fourth-order valence-electron chi connectivity index (χ4n) is 5.92. The van der Waals surface area contributed by atoms with Crippen LogP contribution in [0.25, 0.3) is 0 Å². The standard InChI is InChI=1S/C35H37I5O9/c1-32(21-2-3-29(24(36)4-21)47-18-33(9-41)12-44-13-33,22-5-25(37)30(26(38)6-22)48-19-34(10-42)14-45-15-34)23-7-27(39)31(28(40)8-23)49-20-35(11-43)16-46-17-35/h2-8,41-43H,9-20H2,1H3. The highest BCUT2D eigenvalue weighted by Crippen LogP contribution is 2.46. The monoisotopic (exact) mass is 1240 g/mol. The zero-order chi connectivity index (χ0) is 35.0. The van der Waals surface area contributed by atoms with Gasteiger partial charge in [-0.15, -0.1) is 0 Å². The second-order valence-corrected chi connectivity index (χ2v) is 19.4. The molecule has 0 saturated carbocycles. The summed E-state index contributed by atoms with van der Waals surface area (Å²) < 4.78 is 39.9. The summed E-state index contributed by atoms with van der Waals surface area (Å²) >= 11 is 11.7. The molecule has 266 valence electrons. The topological polar surface area (TPSA) is 116 Å². The Balaban J connectivity index is 1.37. The third kappa shape index (κ3) is 7.99. The van der Waals surface area contributed by atoms with Gasteiger partial charge in [0.2, 0.25) is 0 Å². The van der Waals surface area contributed by atoms with Gasteiger partial charge >= 0.3 is 0 Å². The number of ether oxygens (including phenoxy) is 6. The van der Waals surface area contributed by atoms with Crippen LogP contribution in [-0.4, -0.2) is 94.6 Å². The van der Waals surface area contributed by atoms with Gasteiger partial charge in [-0.1, -0.05) is 6.07 Å². The first-order valence-electron chi connectivity index (χ1n) is 15.6. The Morgan fingerprint density at radius 2 is 0.898 bits per heavy atom. The maximum Gasteiger partial charge on any atom is 0.145 e. The van der Waals surface area contributed by atoms with Crippen LogP contribution in [0, 0.1) is 34.1 Å². The molecule has 0 radical (unpaired) electrons. The third-order valence-electron chi connectivity index (χ3n) is 9.70. The van der Waals surface area contributed by atoms with E-state index in [1.165, 1.54) is 0 Å². The van der Waals surface area contributed by atoms with Crippen LogP contribution in [0.5, 0.6) is 17.2 Å². The average molecular weight is 1240 g/mol. The summed E-state index contributed by atoms with van der Waals surface area (Å²) in [7, 11) is 0. The van der Waals surface area contributed by atoms with Crippen molar-refractivity contribution in [3.8, 4) is 17.2 Å². The summed E-state index contributed by atoms with van der Waals surface area (Å²) in [6.45, 7) is 6.43. The predicted octanol–water partition coefficient (Wildman–Crippen LogP) is 6.23. The molecule has 0 bridgehead atoms. The van der Waals surface area contributed by atoms with Crippen molar-refractivity contribution in [2.24, 2.45) is 16.2 Å². The van der Waals surface area contributed by atoms with Crippen LogP contribution in [0.15, 0.2) is 42.5 Å². The van der Waals surface area contributed by atoms with Crippen molar-refractivity contribution < 1.29 is 43.7 Å². The Morgan fingerprint density at radius 3 is 1.20 bits per heavy atom. The van der Waals surface area contributed by atoms with Crippen molar-refractivity contribution in [3.05, 3.63) is 77.0 Å². The molecule has 3 saturated heterocycles. The molecule has 0 unspecified atom stereocenters. The molecule has 14 heteroatoms. The van der Waals surface area contributed by atoms with Crippen LogP contribution >= 0.6 is 113 Å². The normalized spacial score (nSPS) is 19.0. The molecule has 3 N–H and O–H groups in total. The van der Waals surface area contributed by atoms with Gasteiger partial charge in [0, 0.05) is 5.41 Å². The van der Waals surface area contributed by atoms with E-state index in [1.807, 2.05) is 6.07 Å². The molecule has 3 aliphatic heterocycles. The number of benzene rings is 3. The van der Waals surface area contributed by atoms with Gasteiger partial charge in [-0.25, -0.2) is 0 Å². The second kappa shape index (κ2) is 16.1. The van der Waals surface area contributed by atoms with Crippen molar-refractivity contribution in [3.63, 3.8) is 0 Å². The Hall–Kier alpha value is 0.470. The third-order valence-corrected chi connectivity index (χ3v) is 13.7. The van der Waals surface area contributed by atoms with Crippen molar-refractivity contribution in [2.75, 3.05) is 79.3 Å². The summed E-state index contributed by atoms with van der Waals surface area (Å²) in [5.41, 5.74) is 1.62. The summed E-state index contributed by atoms with van der Waals surface area (Å²) in [6.07, 6.45) is 0. The van der Waals surface area contributed by atoms with Crippen molar-refractivity contribution in [1.29, 1.82) is 0 Å². The molecule has 3 aromatic carbocycles. The van der Waals surface area contributed by atoms with E-state index in [9.17, 15) is 15.3 Å². The van der Waals surface area contributed by atoms with E-state index in [1.54, 1.807) is 0 Å². The van der Waals surface area contributed by atoms with Crippen LogP contribution in [0.2, 0.25) is 0 Å². The molecular weight excluding hydrogens is 1200 g/mol. The highest BCUT2D eigenvalue weighted by Gasteiger charge is 2.42. The smallest absolute Gasteiger partial charge is 0.145 e. The van der Waals surface area contributed by atoms with E-state index in [-0.39, 0.29) is 36.1 Å². The fraction of sp³-hybridized carbons (Fsp3) is 0.486. The lowest BCUT2D eigenvalue weighted by atomic mass is 9.71. The van der Waals surface area contributed by atoms with Crippen LogP contribution in [-0.2, 0) is 19.6 Å². The highest BCUT2D eigenvalue weighted by molar-refractivity contribution is 14.1. The van der Waals surface area contributed by atoms with Crippen LogP contribution in [0.4, 0.5) is 0 Å². The van der Waals surface area contributed by atoms with E-state index in [4.69, 9.17) is 28.4 Å². The second-order valence-electron chi connectivity index (χ2n) is 13.6. The minimum absolute atomic E-state index is 0.0230. The van der Waals surface area contributed by atoms with Crippen LogP contribution < -0.4 is 14.2 Å². The molecule has 3 aliphatic rings. The van der Waals surface area contributed by atoms with E-state index >= 15 is 0 Å². The van der Waals surface area contributed by atoms with Gasteiger partial charge in [0.15, 0.2) is 0 Å². The number of halogens is 5. The number of hydrogen-bond acceptors (Lipinski definition) is 9. The lowest BCUT2D eigenvalue weighted by molar-refractivity contribution is -0.153. The molecule has 6 rings (SSSR count). The first-order valence-corrected chi connectivity index (χ1v) is 21.0. The number of hydrogen-bond donors (Lipinski definition) is 3. The Kier molecular flexibility index (Phi) is 12.8. The Bertz CT molecular complexity index is 1530. The molecule has 3 heterocycles. The van der Waals surface area contributed by atoms with Crippen molar-refractivity contribution in [2.45, 2.75) is 12.3 Å². The zero-order valence-corrected chi connectivity index (χ0v) is 37.5. The van der Waals surface area contributed by atoms with Crippen molar-refractivity contribution in [1.82, 2.24) is 0 Å². The molecule has 0 spiro atoms. The molecule has 3 fully saturated rings. The molecule has 0 atom stereocenters. The van der Waals surface area contributed by atoms with E-state index in [2.05, 4.69) is 156 Å². The number of aliphatic hydroxyl groups excluding tert-OH is 3. The van der Waals surface area contributed by atoms with Gasteiger partial charge in [-0.05, 0) is 173 Å². The molecular formula is C35H37I5O9. The Morgan fingerprint density at radius 1 is 0.551 bits per heavy atom. The molecule has 49 heavy (non-hydrogen) atoms. The summed E-state index contributed by atoms with van der Waals surface area (Å²) in [5, 5.41) is 29.8. The van der Waals surface area contributed by atoms with Crippen LogP contribution in [0.3, 0.4) is 0 Å². The van der Waals surface area contributed by atoms with E-state index in [0.29, 0.717) is 59.5 Å². The first kappa shape index (κ1) is 39.2. The predicted molar refractivity (Wildman–Crippen MR) is 226 cm³/mol. The average Bonchev–Trinajstić information content (AvgIpc) is 3.02. The van der Waals surface area contributed by atoms with Crippen LogP contribution in [0.1, 0.15) is 23.6 Å². The molecule has 9 nitrogen and oxygen atoms in total. The largest absolute Gasteiger partial charge is 0.492 e. The maximum atomic E-state index is 9.95. The van der Waals surface area contributed by atoms with Gasteiger partial charge in [-0.3, -0.25) is 0 Å². The first-order chi connectivity index (χ1) is 23.4. The van der Waals surface area contributed by atoms with Gasteiger partial charge in [0.1, 0.15) is 37.1 Å². The van der Waals surface area contributed by atoms with E-state index < -0.39 is 5.41 Å². The number of rotatable bonds is 15. The summed E-state index contributed by atoms with van der Waals surface area (Å²) in [5.74, 6) is 2.37. The van der Waals surface area contributed by atoms with Gasteiger partial charge in [0.05, 0.1) is 93.6 Å². The van der Waals surface area contributed by atoms with Gasteiger partial charge < -0.3 is 43.7 Å². The van der Waals surface area contributed by atoms with Gasteiger partial charge in [0.25, 0.3) is 0 Å². The lowest BCUT2D eigenvalue weighted by Crippen LogP contribution is -2.50. The molecule has 0 aliphatic carbocycles. The van der Waals surface area contributed by atoms with E-state index in [0.717, 1.165) is 51.8 Å². The molecule has 0 aromatic heterocycles. The molecule has 3 aromatic rings. The summed E-state index contributed by atoms with van der Waals surface area (Å²) in [4.78, 5) is 0. The zero-order valence-electron chi connectivity index (χ0n) is 26.7. The Labute approximate surface area is 354 Å². The van der Waals surface area contributed by atoms with Gasteiger partial charge in [-0.2, -0.15) is 0 Å². The quantitative estimate of drug-likeness (QED) is 0.121. The molecule has 0 amide bonds. The van der Waals surface area contributed by atoms with Crippen molar-refractivity contribution >= 4 is 113 Å². The lowest BCUT2D eigenvalue weighted by Gasteiger charge is -2.39. The number of aliphatic hydroxyl groups is 3. The highest BCUT2D eigenvalue weighted by atomic mass is 127. The minimum atomic E-state index is -0.592. The summed E-state index contributed by atoms with van der Waals surface area (Å²) in [6, 6.07) is 15.1. The maximum absolute atomic E-state index is 9.95.